The van der Waals surface area contributed by atoms with Crippen LogP contribution in [0.25, 0.3) is 33.5 Å². The molecule has 0 bridgehead atoms. The van der Waals surface area contributed by atoms with Gasteiger partial charge in [-0.1, -0.05) is 50.1 Å². The van der Waals surface area contributed by atoms with Crippen LogP contribution in [0.15, 0.2) is 60.7 Å². The number of nitrogens with zero attached hydrogens (tertiary/aromatic N) is 2. The van der Waals surface area contributed by atoms with Crippen LogP contribution in [0.4, 0.5) is 4.39 Å². The summed E-state index contributed by atoms with van der Waals surface area (Å²) in [4.78, 5) is 17.7. The van der Waals surface area contributed by atoms with Crippen LogP contribution in [0, 0.1) is 5.82 Å². The number of rotatable bonds is 7. The molecule has 0 saturated carbocycles. The van der Waals surface area contributed by atoms with E-state index in [1.54, 1.807) is 18.2 Å². The van der Waals surface area contributed by atoms with E-state index < -0.39 is 0 Å². The molecule has 2 N–H and O–H groups in total. The van der Waals surface area contributed by atoms with E-state index in [9.17, 15) is 9.18 Å². The number of pyridine rings is 1. The summed E-state index contributed by atoms with van der Waals surface area (Å²) in [6, 6.07) is 17.6. The summed E-state index contributed by atoms with van der Waals surface area (Å²) in [6.07, 6.45) is 3.08. The third-order valence-electron chi connectivity index (χ3n) is 5.04. The van der Waals surface area contributed by atoms with Crippen LogP contribution in [0.5, 0.6) is 0 Å². The molecular formula is C24H23FN4O. The van der Waals surface area contributed by atoms with Crippen molar-refractivity contribution in [2.45, 2.75) is 26.2 Å². The van der Waals surface area contributed by atoms with E-state index >= 15 is 0 Å². The SMILES string of the molecule is CCCCCNC(=O)c1cc(-c2ccc(F)cc2)nc2n[nH]c(-c3ccccc3)c12. The van der Waals surface area contributed by atoms with E-state index in [0.717, 1.165) is 36.1 Å². The fourth-order valence-corrected chi connectivity index (χ4v) is 3.46. The highest BCUT2D eigenvalue weighted by molar-refractivity contribution is 6.10. The van der Waals surface area contributed by atoms with E-state index in [-0.39, 0.29) is 11.7 Å². The van der Waals surface area contributed by atoms with Crippen molar-refractivity contribution in [1.29, 1.82) is 0 Å². The zero-order valence-corrected chi connectivity index (χ0v) is 16.8. The Labute approximate surface area is 174 Å². The first-order chi connectivity index (χ1) is 14.7. The predicted molar refractivity (Wildman–Crippen MR) is 117 cm³/mol. The van der Waals surface area contributed by atoms with Crippen molar-refractivity contribution >= 4 is 16.9 Å². The van der Waals surface area contributed by atoms with Crippen molar-refractivity contribution in [1.82, 2.24) is 20.5 Å². The van der Waals surface area contributed by atoms with Crippen LogP contribution in [0.2, 0.25) is 0 Å². The molecule has 0 aliphatic rings. The number of benzene rings is 2. The minimum Gasteiger partial charge on any atom is -0.352 e. The fraction of sp³-hybridized carbons (Fsp3) is 0.208. The molecule has 30 heavy (non-hydrogen) atoms. The maximum atomic E-state index is 13.4. The summed E-state index contributed by atoms with van der Waals surface area (Å²) < 4.78 is 13.4. The van der Waals surface area contributed by atoms with Gasteiger partial charge in [0.15, 0.2) is 5.65 Å². The highest BCUT2D eigenvalue weighted by atomic mass is 19.1. The van der Waals surface area contributed by atoms with Crippen LogP contribution in [0.3, 0.4) is 0 Å². The smallest absolute Gasteiger partial charge is 0.252 e. The van der Waals surface area contributed by atoms with Gasteiger partial charge in [-0.25, -0.2) is 9.37 Å². The Bertz CT molecular complexity index is 1150. The van der Waals surface area contributed by atoms with E-state index in [1.165, 1.54) is 12.1 Å². The van der Waals surface area contributed by atoms with Crippen LogP contribution < -0.4 is 5.32 Å². The maximum absolute atomic E-state index is 13.4. The second kappa shape index (κ2) is 8.86. The zero-order chi connectivity index (χ0) is 20.9. The second-order valence-corrected chi connectivity index (χ2v) is 7.19. The van der Waals surface area contributed by atoms with Gasteiger partial charge in [0.05, 0.1) is 22.3 Å². The maximum Gasteiger partial charge on any atom is 0.252 e. The minimum atomic E-state index is -0.320. The molecule has 6 heteroatoms. The molecule has 0 aliphatic carbocycles. The van der Waals surface area contributed by atoms with Gasteiger partial charge in [-0.2, -0.15) is 5.10 Å². The highest BCUT2D eigenvalue weighted by Gasteiger charge is 2.20. The molecule has 0 radical (unpaired) electrons. The molecule has 0 unspecified atom stereocenters. The topological polar surface area (TPSA) is 70.7 Å². The van der Waals surface area contributed by atoms with Crippen LogP contribution in [-0.4, -0.2) is 27.6 Å². The van der Waals surface area contributed by atoms with Gasteiger partial charge in [-0.05, 0) is 36.8 Å². The van der Waals surface area contributed by atoms with Crippen molar-refractivity contribution in [3.63, 3.8) is 0 Å². The molecule has 0 spiro atoms. The zero-order valence-electron chi connectivity index (χ0n) is 16.8. The van der Waals surface area contributed by atoms with Crippen LogP contribution in [-0.2, 0) is 0 Å². The van der Waals surface area contributed by atoms with Crippen LogP contribution >= 0.6 is 0 Å². The quantitative estimate of drug-likeness (QED) is 0.409. The number of aromatic amines is 1. The number of carbonyl (C=O) groups excluding carboxylic acids is 1. The number of fused-ring (bicyclic) bond motifs is 1. The van der Waals surface area contributed by atoms with Crippen molar-refractivity contribution in [3.05, 3.63) is 72.0 Å². The third kappa shape index (κ3) is 4.08. The first kappa shape index (κ1) is 19.8. The van der Waals surface area contributed by atoms with E-state index in [0.29, 0.717) is 28.8 Å². The number of unbranched alkanes of at least 4 members (excludes halogenated alkanes) is 2. The number of hydrogen-bond acceptors (Lipinski definition) is 3. The van der Waals surface area contributed by atoms with Crippen molar-refractivity contribution in [3.8, 4) is 22.5 Å². The Hall–Kier alpha value is -3.54. The van der Waals surface area contributed by atoms with Gasteiger partial charge in [-0.3, -0.25) is 9.89 Å². The lowest BCUT2D eigenvalue weighted by Crippen LogP contribution is -2.24. The largest absolute Gasteiger partial charge is 0.352 e. The average Bonchev–Trinajstić information content (AvgIpc) is 3.21. The molecule has 4 rings (SSSR count). The van der Waals surface area contributed by atoms with Gasteiger partial charge >= 0.3 is 0 Å². The molecule has 2 aromatic carbocycles. The third-order valence-corrected chi connectivity index (χ3v) is 5.04. The molecule has 152 valence electrons. The number of carbonyl (C=O) groups is 1. The number of amides is 1. The van der Waals surface area contributed by atoms with E-state index in [2.05, 4.69) is 27.4 Å². The molecular weight excluding hydrogens is 379 g/mol. The van der Waals surface area contributed by atoms with E-state index in [4.69, 9.17) is 0 Å². The van der Waals surface area contributed by atoms with Crippen molar-refractivity contribution in [2.75, 3.05) is 6.54 Å². The van der Waals surface area contributed by atoms with Crippen molar-refractivity contribution < 1.29 is 9.18 Å². The van der Waals surface area contributed by atoms with Crippen LogP contribution in [0.1, 0.15) is 36.5 Å². The Balaban J connectivity index is 1.82. The summed E-state index contributed by atoms with van der Waals surface area (Å²) >= 11 is 0. The first-order valence-corrected chi connectivity index (χ1v) is 10.2. The summed E-state index contributed by atoms with van der Waals surface area (Å²) in [5.74, 6) is -0.486. The molecule has 0 fully saturated rings. The molecule has 0 atom stereocenters. The molecule has 4 aromatic rings. The monoisotopic (exact) mass is 402 g/mol. The predicted octanol–water partition coefficient (Wildman–Crippen LogP) is 5.35. The lowest BCUT2D eigenvalue weighted by atomic mass is 10.0. The lowest BCUT2D eigenvalue weighted by molar-refractivity contribution is 0.0954. The molecule has 2 heterocycles. The number of aromatic nitrogens is 3. The number of H-pyrrole nitrogens is 1. The summed E-state index contributed by atoms with van der Waals surface area (Å²) in [6.45, 7) is 2.74. The molecule has 2 aromatic heterocycles. The molecule has 5 nitrogen and oxygen atoms in total. The van der Waals surface area contributed by atoms with Gasteiger partial charge in [-0.15, -0.1) is 0 Å². The number of halogens is 1. The summed E-state index contributed by atoms with van der Waals surface area (Å²) in [5.41, 5.74) is 3.94. The Kier molecular flexibility index (Phi) is 5.84. The van der Waals surface area contributed by atoms with Gasteiger partial charge in [0.25, 0.3) is 5.91 Å². The van der Waals surface area contributed by atoms with Gasteiger partial charge in [0.2, 0.25) is 0 Å². The first-order valence-electron chi connectivity index (χ1n) is 10.2. The summed E-state index contributed by atoms with van der Waals surface area (Å²) in [7, 11) is 0. The molecule has 0 aliphatic heterocycles. The Morgan fingerprint density at radius 2 is 1.80 bits per heavy atom. The molecule has 1 amide bonds. The Morgan fingerprint density at radius 3 is 2.53 bits per heavy atom. The normalized spacial score (nSPS) is 11.0. The van der Waals surface area contributed by atoms with E-state index in [1.807, 2.05) is 30.3 Å². The highest BCUT2D eigenvalue weighted by Crippen LogP contribution is 2.31. The summed E-state index contributed by atoms with van der Waals surface area (Å²) in [5, 5.41) is 11.1. The number of hydrogen-bond donors (Lipinski definition) is 2. The van der Waals surface area contributed by atoms with Crippen molar-refractivity contribution in [2.24, 2.45) is 0 Å². The minimum absolute atomic E-state index is 0.166. The second-order valence-electron chi connectivity index (χ2n) is 7.19. The lowest BCUT2D eigenvalue weighted by Gasteiger charge is -2.10. The standard InChI is InChI=1S/C24H23FN4O/c1-2-3-7-14-26-24(30)19-15-20(16-10-12-18(25)13-11-16)27-23-21(19)22(28-29-23)17-8-5-4-6-9-17/h4-6,8-13,15H,2-3,7,14H2,1H3,(H,26,30)(H,27,28,29). The van der Waals surface area contributed by atoms with Gasteiger partial charge in [0.1, 0.15) is 5.82 Å². The Morgan fingerprint density at radius 1 is 1.03 bits per heavy atom. The fourth-order valence-electron chi connectivity index (χ4n) is 3.46. The van der Waals surface area contributed by atoms with Gasteiger partial charge < -0.3 is 5.32 Å². The average molecular weight is 402 g/mol. The van der Waals surface area contributed by atoms with Gasteiger partial charge in [0, 0.05) is 17.7 Å². The molecule has 0 saturated heterocycles. The number of nitrogens with one attached hydrogen (secondary N) is 2.